The van der Waals surface area contributed by atoms with Gasteiger partial charge in [-0.3, -0.25) is 9.59 Å². The number of aromatic nitrogens is 2. The lowest BCUT2D eigenvalue weighted by Gasteiger charge is -2.35. The van der Waals surface area contributed by atoms with Crippen molar-refractivity contribution >= 4 is 5.91 Å². The fourth-order valence-electron chi connectivity index (χ4n) is 5.07. The third-order valence-corrected chi connectivity index (χ3v) is 7.09. The number of aryl methyl sites for hydroxylation is 1. The van der Waals surface area contributed by atoms with Crippen LogP contribution in [0.25, 0.3) is 0 Å². The maximum Gasteiger partial charge on any atom is 0.251 e. The van der Waals surface area contributed by atoms with Gasteiger partial charge in [-0.25, -0.2) is 4.98 Å². The van der Waals surface area contributed by atoms with Crippen LogP contribution in [-0.2, 0) is 11.2 Å². The summed E-state index contributed by atoms with van der Waals surface area (Å²) in [7, 11) is 0. The molecule has 172 valence electrons. The smallest absolute Gasteiger partial charge is 0.251 e. The van der Waals surface area contributed by atoms with Crippen molar-refractivity contribution in [2.45, 2.75) is 70.3 Å². The zero-order valence-electron chi connectivity index (χ0n) is 19.4. The molecule has 0 bridgehead atoms. The molecule has 2 fully saturated rings. The molecule has 6 nitrogen and oxygen atoms in total. The van der Waals surface area contributed by atoms with E-state index in [2.05, 4.69) is 35.9 Å². The number of amides is 1. The van der Waals surface area contributed by atoms with Crippen LogP contribution in [0.2, 0.25) is 0 Å². The molecule has 3 heterocycles. The molecule has 4 rings (SSSR count). The minimum absolute atomic E-state index is 0.0481. The van der Waals surface area contributed by atoms with E-state index in [0.717, 1.165) is 69.8 Å². The van der Waals surface area contributed by atoms with E-state index < -0.39 is 0 Å². The normalized spacial score (nSPS) is 20.6. The first-order valence-corrected chi connectivity index (χ1v) is 12.2. The summed E-state index contributed by atoms with van der Waals surface area (Å²) in [5, 5.41) is 0. The van der Waals surface area contributed by atoms with Crippen LogP contribution in [0.15, 0.2) is 41.2 Å². The number of hydrogen-bond acceptors (Lipinski definition) is 4. The van der Waals surface area contributed by atoms with E-state index in [1.54, 1.807) is 6.07 Å². The second-order valence-electron chi connectivity index (χ2n) is 9.62. The standard InChI is InChI=1S/C26H36N4O2/c1-19(2)30-14-6-9-22(18-30)23-17-24(31)28-26(27-23)21-12-15-29(16-13-21)25(32)11-10-20-7-4-3-5-8-20/h3-5,7-8,17,19,21-22H,6,9-16,18H2,1-2H3,(H,27,28,31). The molecule has 2 aliphatic rings. The maximum absolute atomic E-state index is 12.7. The molecule has 1 aromatic carbocycles. The highest BCUT2D eigenvalue weighted by Gasteiger charge is 2.28. The fourth-order valence-corrected chi connectivity index (χ4v) is 5.07. The number of H-pyrrole nitrogens is 1. The van der Waals surface area contributed by atoms with E-state index in [1.165, 1.54) is 5.56 Å². The Morgan fingerprint density at radius 3 is 2.56 bits per heavy atom. The minimum Gasteiger partial charge on any atom is -0.343 e. The van der Waals surface area contributed by atoms with Crippen LogP contribution in [-0.4, -0.2) is 57.9 Å². The molecular weight excluding hydrogens is 400 g/mol. The number of benzene rings is 1. The number of nitrogens with one attached hydrogen (secondary N) is 1. The summed E-state index contributed by atoms with van der Waals surface area (Å²) in [6, 6.07) is 12.4. The fraction of sp³-hybridized carbons (Fsp3) is 0.577. The van der Waals surface area contributed by atoms with E-state index in [9.17, 15) is 9.59 Å². The Morgan fingerprint density at radius 2 is 1.84 bits per heavy atom. The van der Waals surface area contributed by atoms with Gasteiger partial charge in [0.25, 0.3) is 5.56 Å². The molecule has 1 N–H and O–H groups in total. The van der Waals surface area contributed by atoms with Crippen molar-refractivity contribution in [1.82, 2.24) is 19.8 Å². The van der Waals surface area contributed by atoms with Gasteiger partial charge in [-0.1, -0.05) is 30.3 Å². The Labute approximate surface area is 191 Å². The van der Waals surface area contributed by atoms with Crippen LogP contribution in [0.4, 0.5) is 0 Å². The first-order valence-electron chi connectivity index (χ1n) is 12.2. The van der Waals surface area contributed by atoms with Gasteiger partial charge >= 0.3 is 0 Å². The molecule has 6 heteroatoms. The summed E-state index contributed by atoms with van der Waals surface area (Å²) in [6.45, 7) is 8.03. The topological polar surface area (TPSA) is 69.3 Å². The van der Waals surface area contributed by atoms with Crippen molar-refractivity contribution in [2.24, 2.45) is 0 Å². The van der Waals surface area contributed by atoms with Gasteiger partial charge in [0.05, 0.1) is 5.69 Å². The molecule has 2 aliphatic heterocycles. The molecule has 1 amide bonds. The minimum atomic E-state index is -0.0481. The molecule has 2 saturated heterocycles. The van der Waals surface area contributed by atoms with E-state index >= 15 is 0 Å². The second-order valence-corrected chi connectivity index (χ2v) is 9.62. The number of nitrogens with zero attached hydrogens (tertiary/aromatic N) is 3. The molecule has 1 aromatic heterocycles. The number of likely N-dealkylation sites (tertiary alicyclic amines) is 2. The highest BCUT2D eigenvalue weighted by atomic mass is 16.2. The molecule has 1 unspecified atom stereocenters. The number of piperidine rings is 2. The molecule has 1 atom stereocenters. The first-order chi connectivity index (χ1) is 15.5. The van der Waals surface area contributed by atoms with E-state index in [1.807, 2.05) is 23.1 Å². The van der Waals surface area contributed by atoms with Gasteiger partial charge < -0.3 is 14.8 Å². The lowest BCUT2D eigenvalue weighted by atomic mass is 9.92. The van der Waals surface area contributed by atoms with Crippen LogP contribution in [0, 0.1) is 0 Å². The Hall–Kier alpha value is -2.47. The Balaban J connectivity index is 1.35. The predicted octanol–water partition coefficient (Wildman–Crippen LogP) is 3.70. The van der Waals surface area contributed by atoms with E-state index in [0.29, 0.717) is 18.4 Å². The van der Waals surface area contributed by atoms with Gasteiger partial charge in [0.1, 0.15) is 5.82 Å². The van der Waals surface area contributed by atoms with Gasteiger partial charge in [0, 0.05) is 50.0 Å². The zero-order valence-corrected chi connectivity index (χ0v) is 19.4. The van der Waals surface area contributed by atoms with E-state index in [-0.39, 0.29) is 17.4 Å². The number of carbonyl (C=O) groups is 1. The Kier molecular flexibility index (Phi) is 7.40. The first kappa shape index (κ1) is 22.7. The zero-order chi connectivity index (χ0) is 22.5. The summed E-state index contributed by atoms with van der Waals surface area (Å²) in [5.74, 6) is 1.57. The molecular formula is C26H36N4O2. The van der Waals surface area contributed by atoms with Gasteiger partial charge in [0.2, 0.25) is 5.91 Å². The van der Waals surface area contributed by atoms with Crippen molar-refractivity contribution in [3.05, 3.63) is 63.8 Å². The maximum atomic E-state index is 12.7. The SMILES string of the molecule is CC(C)N1CCCC(c2cc(=O)[nH]c(C3CCN(C(=O)CCc4ccccc4)CC3)n2)C1. The molecule has 0 radical (unpaired) electrons. The van der Waals surface area contributed by atoms with Crippen LogP contribution < -0.4 is 5.56 Å². The monoisotopic (exact) mass is 436 g/mol. The average molecular weight is 437 g/mol. The van der Waals surface area contributed by atoms with Crippen LogP contribution in [0.3, 0.4) is 0 Å². The highest BCUT2D eigenvalue weighted by Crippen LogP contribution is 2.29. The Morgan fingerprint density at radius 1 is 1.09 bits per heavy atom. The number of hydrogen-bond donors (Lipinski definition) is 1. The lowest BCUT2D eigenvalue weighted by Crippen LogP contribution is -2.40. The summed E-state index contributed by atoms with van der Waals surface area (Å²) in [6.07, 6.45) is 5.28. The number of aromatic amines is 1. The molecule has 0 aliphatic carbocycles. The molecule has 32 heavy (non-hydrogen) atoms. The van der Waals surface area contributed by atoms with Crippen molar-refractivity contribution in [1.29, 1.82) is 0 Å². The summed E-state index contributed by atoms with van der Waals surface area (Å²) in [5.41, 5.74) is 2.09. The quantitative estimate of drug-likeness (QED) is 0.750. The third kappa shape index (κ3) is 5.66. The van der Waals surface area contributed by atoms with Crippen LogP contribution in [0.5, 0.6) is 0 Å². The van der Waals surface area contributed by atoms with Gasteiger partial charge in [-0.05, 0) is 58.1 Å². The van der Waals surface area contributed by atoms with Crippen molar-refractivity contribution < 1.29 is 4.79 Å². The van der Waals surface area contributed by atoms with Gasteiger partial charge in [0.15, 0.2) is 0 Å². The molecule has 2 aromatic rings. The van der Waals surface area contributed by atoms with Crippen LogP contribution in [0.1, 0.15) is 74.9 Å². The summed E-state index contributed by atoms with van der Waals surface area (Å²) >= 11 is 0. The largest absolute Gasteiger partial charge is 0.343 e. The molecule has 0 saturated carbocycles. The Bertz CT molecular complexity index is 948. The van der Waals surface area contributed by atoms with Gasteiger partial charge in [-0.2, -0.15) is 0 Å². The molecule has 0 spiro atoms. The van der Waals surface area contributed by atoms with Crippen molar-refractivity contribution in [2.75, 3.05) is 26.2 Å². The lowest BCUT2D eigenvalue weighted by molar-refractivity contribution is -0.132. The van der Waals surface area contributed by atoms with Crippen LogP contribution >= 0.6 is 0 Å². The summed E-state index contributed by atoms with van der Waals surface area (Å²) < 4.78 is 0. The van der Waals surface area contributed by atoms with Crippen molar-refractivity contribution in [3.8, 4) is 0 Å². The van der Waals surface area contributed by atoms with Gasteiger partial charge in [-0.15, -0.1) is 0 Å². The number of rotatable bonds is 6. The number of carbonyl (C=O) groups excluding carboxylic acids is 1. The van der Waals surface area contributed by atoms with Crippen molar-refractivity contribution in [3.63, 3.8) is 0 Å². The highest BCUT2D eigenvalue weighted by molar-refractivity contribution is 5.76. The average Bonchev–Trinajstić information content (AvgIpc) is 2.83. The second kappa shape index (κ2) is 10.4. The predicted molar refractivity (Wildman–Crippen MR) is 127 cm³/mol. The summed E-state index contributed by atoms with van der Waals surface area (Å²) in [4.78, 5) is 37.5. The third-order valence-electron chi connectivity index (χ3n) is 7.09. The van der Waals surface area contributed by atoms with E-state index in [4.69, 9.17) is 4.98 Å².